The number of carboxylic acid groups (broad SMARTS) is 1. The van der Waals surface area contributed by atoms with Gasteiger partial charge in [0.1, 0.15) is 0 Å². The van der Waals surface area contributed by atoms with Crippen LogP contribution in [-0.4, -0.2) is 16.0 Å². The minimum atomic E-state index is -1.41. The first-order chi connectivity index (χ1) is 7.56. The molecule has 1 aromatic carbocycles. The maximum absolute atomic E-state index is 10.6. The summed E-state index contributed by atoms with van der Waals surface area (Å²) >= 11 is 0. The van der Waals surface area contributed by atoms with E-state index in [2.05, 4.69) is 0 Å². The minimum absolute atomic E-state index is 0.0741. The van der Waals surface area contributed by atoms with Gasteiger partial charge in [0.05, 0.1) is 23.1 Å². The normalized spacial score (nSPS) is 10.6. The quantitative estimate of drug-likeness (QED) is 0.433. The number of benzene rings is 1. The molecule has 84 valence electrons. The first-order valence-corrected chi connectivity index (χ1v) is 4.32. The van der Waals surface area contributed by atoms with Gasteiger partial charge in [-0.05, 0) is 11.6 Å². The molecule has 1 rings (SSSR count). The number of carbonyl (C=O) groups excluding carboxylic acids is 1. The SMILES string of the molecule is O=C([O-])/C=C/c1cccc([N+](=O)[O-])c1CO. The number of aliphatic hydroxyl groups is 1. The van der Waals surface area contributed by atoms with Gasteiger partial charge in [-0.25, -0.2) is 0 Å². The number of carbonyl (C=O) groups is 1. The zero-order chi connectivity index (χ0) is 12.1. The molecule has 0 bridgehead atoms. The topological polar surface area (TPSA) is 104 Å². The number of nitrogens with zero attached hydrogens (tertiary/aromatic N) is 1. The Morgan fingerprint density at radius 3 is 2.69 bits per heavy atom. The van der Waals surface area contributed by atoms with Gasteiger partial charge in [0.2, 0.25) is 0 Å². The van der Waals surface area contributed by atoms with Crippen molar-refractivity contribution in [2.75, 3.05) is 0 Å². The number of rotatable bonds is 4. The molecule has 0 radical (unpaired) electrons. The molecule has 0 saturated carbocycles. The highest BCUT2D eigenvalue weighted by molar-refractivity contribution is 5.84. The Bertz CT molecular complexity index is 453. The van der Waals surface area contributed by atoms with E-state index in [4.69, 9.17) is 5.11 Å². The Labute approximate surface area is 90.6 Å². The van der Waals surface area contributed by atoms with Gasteiger partial charge in [0.25, 0.3) is 5.69 Å². The van der Waals surface area contributed by atoms with Crippen molar-refractivity contribution in [2.24, 2.45) is 0 Å². The molecule has 6 nitrogen and oxygen atoms in total. The first-order valence-electron chi connectivity index (χ1n) is 4.32. The second kappa shape index (κ2) is 5.04. The maximum atomic E-state index is 10.6. The molecule has 1 aromatic rings. The molecule has 0 heterocycles. The lowest BCUT2D eigenvalue weighted by Gasteiger charge is -2.03. The zero-order valence-electron chi connectivity index (χ0n) is 8.12. The van der Waals surface area contributed by atoms with Gasteiger partial charge in [-0.15, -0.1) is 0 Å². The van der Waals surface area contributed by atoms with E-state index in [1.807, 2.05) is 0 Å². The van der Waals surface area contributed by atoms with Crippen molar-refractivity contribution in [3.8, 4) is 0 Å². The van der Waals surface area contributed by atoms with Gasteiger partial charge in [-0.2, -0.15) is 0 Å². The summed E-state index contributed by atoms with van der Waals surface area (Å²) in [5.41, 5.74) is 0.105. The van der Waals surface area contributed by atoms with Crippen LogP contribution in [-0.2, 0) is 11.4 Å². The van der Waals surface area contributed by atoms with E-state index >= 15 is 0 Å². The van der Waals surface area contributed by atoms with Crippen molar-refractivity contribution in [2.45, 2.75) is 6.61 Å². The van der Waals surface area contributed by atoms with Gasteiger partial charge >= 0.3 is 0 Å². The van der Waals surface area contributed by atoms with E-state index in [-0.39, 0.29) is 16.8 Å². The molecule has 0 unspecified atom stereocenters. The summed E-state index contributed by atoms with van der Waals surface area (Å²) in [5, 5.41) is 29.8. The van der Waals surface area contributed by atoms with E-state index in [1.165, 1.54) is 18.2 Å². The van der Waals surface area contributed by atoms with Crippen LogP contribution in [0.1, 0.15) is 11.1 Å². The Kier molecular flexibility index (Phi) is 3.73. The van der Waals surface area contributed by atoms with Gasteiger partial charge in [0.15, 0.2) is 0 Å². The van der Waals surface area contributed by atoms with Crippen LogP contribution in [0.25, 0.3) is 6.08 Å². The van der Waals surface area contributed by atoms with Gasteiger partial charge in [-0.1, -0.05) is 18.2 Å². The Hall–Kier alpha value is -2.21. The molecular weight excluding hydrogens is 214 g/mol. The molecule has 0 aliphatic heterocycles. The van der Waals surface area contributed by atoms with Crippen molar-refractivity contribution >= 4 is 17.7 Å². The van der Waals surface area contributed by atoms with Crippen LogP contribution >= 0.6 is 0 Å². The second-order valence-electron chi connectivity index (χ2n) is 2.91. The number of nitro benzene ring substituents is 1. The third kappa shape index (κ3) is 2.64. The van der Waals surface area contributed by atoms with E-state index in [9.17, 15) is 20.0 Å². The lowest BCUT2D eigenvalue weighted by Crippen LogP contribution is -2.18. The molecule has 0 aliphatic carbocycles. The first kappa shape index (κ1) is 11.9. The Morgan fingerprint density at radius 1 is 1.50 bits per heavy atom. The van der Waals surface area contributed by atoms with E-state index in [0.29, 0.717) is 0 Å². The second-order valence-corrected chi connectivity index (χ2v) is 2.91. The highest BCUT2D eigenvalue weighted by Gasteiger charge is 2.14. The zero-order valence-corrected chi connectivity index (χ0v) is 8.12. The number of carboxylic acids is 1. The number of aliphatic hydroxyl groups excluding tert-OH is 1. The molecule has 1 N–H and O–H groups in total. The number of aliphatic carboxylic acids is 1. The lowest BCUT2D eigenvalue weighted by atomic mass is 10.1. The van der Waals surface area contributed by atoms with Crippen molar-refractivity contribution in [1.29, 1.82) is 0 Å². The highest BCUT2D eigenvalue weighted by atomic mass is 16.6. The molecule has 0 atom stereocenters. The number of hydrogen-bond acceptors (Lipinski definition) is 5. The molecular formula is C10H8NO5-. The molecule has 0 amide bonds. The van der Waals surface area contributed by atoms with E-state index in [1.54, 1.807) is 0 Å². The number of nitro groups is 1. The van der Waals surface area contributed by atoms with Gasteiger partial charge in [0, 0.05) is 6.07 Å². The van der Waals surface area contributed by atoms with Gasteiger partial charge in [-0.3, -0.25) is 10.1 Å². The molecule has 0 saturated heterocycles. The van der Waals surface area contributed by atoms with Gasteiger partial charge < -0.3 is 15.0 Å². The summed E-state index contributed by atoms with van der Waals surface area (Å²) in [6.45, 7) is -0.538. The van der Waals surface area contributed by atoms with Crippen molar-refractivity contribution in [3.63, 3.8) is 0 Å². The predicted octanol–water partition coefficient (Wildman–Crippen LogP) is -0.150. The fourth-order valence-electron chi connectivity index (χ4n) is 1.25. The fourth-order valence-corrected chi connectivity index (χ4v) is 1.25. The standard InChI is InChI=1S/C10H9NO5/c12-6-8-7(4-5-10(13)14)2-1-3-9(8)11(15)16/h1-5,12H,6H2,(H,13,14)/p-1/b5-4+. The predicted molar refractivity (Wildman–Crippen MR) is 53.1 cm³/mol. The molecule has 0 fully saturated rings. The molecule has 0 spiro atoms. The number of hydrogen-bond donors (Lipinski definition) is 1. The summed E-state index contributed by atoms with van der Waals surface area (Å²) in [4.78, 5) is 20.2. The summed E-state index contributed by atoms with van der Waals surface area (Å²) in [6.07, 6.45) is 1.89. The monoisotopic (exact) mass is 222 g/mol. The van der Waals surface area contributed by atoms with Crippen LogP contribution in [0.3, 0.4) is 0 Å². The van der Waals surface area contributed by atoms with Crippen LogP contribution in [0.2, 0.25) is 0 Å². The van der Waals surface area contributed by atoms with Crippen LogP contribution in [0.5, 0.6) is 0 Å². The molecule has 0 aromatic heterocycles. The van der Waals surface area contributed by atoms with Crippen LogP contribution < -0.4 is 5.11 Å². The summed E-state index contributed by atoms with van der Waals surface area (Å²) in [5.74, 6) is -1.41. The van der Waals surface area contributed by atoms with Crippen LogP contribution in [0.15, 0.2) is 24.3 Å². The Morgan fingerprint density at radius 2 is 2.19 bits per heavy atom. The fraction of sp³-hybridized carbons (Fsp3) is 0.100. The third-order valence-electron chi connectivity index (χ3n) is 1.94. The molecule has 0 aliphatic rings. The maximum Gasteiger partial charge on any atom is 0.275 e. The van der Waals surface area contributed by atoms with Crippen molar-refractivity contribution < 1.29 is 19.9 Å². The smallest absolute Gasteiger partial charge is 0.275 e. The minimum Gasteiger partial charge on any atom is -0.545 e. The third-order valence-corrected chi connectivity index (χ3v) is 1.94. The highest BCUT2D eigenvalue weighted by Crippen LogP contribution is 2.23. The van der Waals surface area contributed by atoms with E-state index < -0.39 is 17.5 Å². The average Bonchev–Trinajstić information content (AvgIpc) is 2.25. The van der Waals surface area contributed by atoms with Crippen LogP contribution in [0, 0.1) is 10.1 Å². The average molecular weight is 222 g/mol. The lowest BCUT2D eigenvalue weighted by molar-refractivity contribution is -0.385. The summed E-state index contributed by atoms with van der Waals surface area (Å²) < 4.78 is 0. The summed E-state index contributed by atoms with van der Waals surface area (Å²) in [7, 11) is 0. The Balaban J connectivity index is 3.24. The van der Waals surface area contributed by atoms with E-state index in [0.717, 1.165) is 12.2 Å². The molecule has 6 heteroatoms. The molecule has 16 heavy (non-hydrogen) atoms. The largest absolute Gasteiger partial charge is 0.545 e. The van der Waals surface area contributed by atoms with Crippen molar-refractivity contribution in [1.82, 2.24) is 0 Å². The summed E-state index contributed by atoms with van der Waals surface area (Å²) in [6, 6.07) is 4.12. The van der Waals surface area contributed by atoms with Crippen molar-refractivity contribution in [3.05, 3.63) is 45.5 Å². The van der Waals surface area contributed by atoms with Crippen LogP contribution in [0.4, 0.5) is 5.69 Å².